The van der Waals surface area contributed by atoms with Gasteiger partial charge in [-0.3, -0.25) is 14.8 Å². The SMILES string of the molecule is Cc1cccc(-c2cnccc2C=O)n1. The van der Waals surface area contributed by atoms with Crippen molar-refractivity contribution in [3.05, 3.63) is 47.9 Å². The Balaban J connectivity index is 2.58. The molecule has 0 aliphatic rings. The Bertz CT molecular complexity index is 494. The predicted molar refractivity (Wildman–Crippen MR) is 57.6 cm³/mol. The summed E-state index contributed by atoms with van der Waals surface area (Å²) in [6, 6.07) is 7.39. The zero-order valence-electron chi connectivity index (χ0n) is 8.34. The first-order valence-electron chi connectivity index (χ1n) is 4.64. The summed E-state index contributed by atoms with van der Waals surface area (Å²) in [6.45, 7) is 1.92. The zero-order valence-corrected chi connectivity index (χ0v) is 8.34. The number of aromatic nitrogens is 2. The van der Waals surface area contributed by atoms with Crippen LogP contribution in [0.2, 0.25) is 0 Å². The van der Waals surface area contributed by atoms with Gasteiger partial charge >= 0.3 is 0 Å². The van der Waals surface area contributed by atoms with Crippen molar-refractivity contribution >= 4 is 6.29 Å². The second-order valence-corrected chi connectivity index (χ2v) is 3.24. The summed E-state index contributed by atoms with van der Waals surface area (Å²) in [4.78, 5) is 19.2. The van der Waals surface area contributed by atoms with Gasteiger partial charge in [-0.15, -0.1) is 0 Å². The van der Waals surface area contributed by atoms with Crippen LogP contribution in [-0.2, 0) is 0 Å². The van der Waals surface area contributed by atoms with Gasteiger partial charge in [-0.25, -0.2) is 0 Å². The molecule has 0 fully saturated rings. The van der Waals surface area contributed by atoms with Gasteiger partial charge in [0.15, 0.2) is 6.29 Å². The lowest BCUT2D eigenvalue weighted by Gasteiger charge is -2.03. The lowest BCUT2D eigenvalue weighted by molar-refractivity contribution is 0.112. The molecule has 74 valence electrons. The molecule has 0 aliphatic carbocycles. The number of hydrogen-bond donors (Lipinski definition) is 0. The number of hydrogen-bond acceptors (Lipinski definition) is 3. The molecular formula is C12H10N2O. The Morgan fingerprint density at radius 2 is 2.13 bits per heavy atom. The van der Waals surface area contributed by atoms with E-state index in [-0.39, 0.29) is 0 Å². The molecule has 3 nitrogen and oxygen atoms in total. The maximum Gasteiger partial charge on any atom is 0.150 e. The fourth-order valence-corrected chi connectivity index (χ4v) is 1.42. The fraction of sp³-hybridized carbons (Fsp3) is 0.0833. The van der Waals surface area contributed by atoms with Crippen LogP contribution in [0.25, 0.3) is 11.3 Å². The quantitative estimate of drug-likeness (QED) is 0.695. The third-order valence-electron chi connectivity index (χ3n) is 2.15. The van der Waals surface area contributed by atoms with E-state index in [0.717, 1.165) is 23.2 Å². The predicted octanol–water partition coefficient (Wildman–Crippen LogP) is 2.26. The molecule has 2 heterocycles. The molecule has 15 heavy (non-hydrogen) atoms. The molecular weight excluding hydrogens is 188 g/mol. The molecule has 0 aliphatic heterocycles. The van der Waals surface area contributed by atoms with Crippen LogP contribution in [0.5, 0.6) is 0 Å². The molecule has 2 aromatic rings. The molecule has 0 atom stereocenters. The molecule has 0 unspecified atom stereocenters. The highest BCUT2D eigenvalue weighted by atomic mass is 16.1. The fourth-order valence-electron chi connectivity index (χ4n) is 1.42. The summed E-state index contributed by atoms with van der Waals surface area (Å²) in [7, 11) is 0. The summed E-state index contributed by atoms with van der Waals surface area (Å²) in [5.74, 6) is 0. The molecule has 0 aromatic carbocycles. The number of nitrogens with zero attached hydrogens (tertiary/aromatic N) is 2. The summed E-state index contributed by atoms with van der Waals surface area (Å²) in [5.41, 5.74) is 3.10. The number of pyridine rings is 2. The second-order valence-electron chi connectivity index (χ2n) is 3.24. The van der Waals surface area contributed by atoms with Crippen molar-refractivity contribution in [1.29, 1.82) is 0 Å². The van der Waals surface area contributed by atoms with E-state index < -0.39 is 0 Å². The second kappa shape index (κ2) is 4.00. The maximum atomic E-state index is 10.8. The van der Waals surface area contributed by atoms with Crippen LogP contribution < -0.4 is 0 Å². The van der Waals surface area contributed by atoms with Crippen molar-refractivity contribution in [1.82, 2.24) is 9.97 Å². The first-order valence-corrected chi connectivity index (χ1v) is 4.64. The zero-order chi connectivity index (χ0) is 10.7. The molecule has 2 aromatic heterocycles. The largest absolute Gasteiger partial charge is 0.298 e. The monoisotopic (exact) mass is 198 g/mol. The minimum absolute atomic E-state index is 0.614. The van der Waals surface area contributed by atoms with Gasteiger partial charge in [-0.1, -0.05) is 6.07 Å². The van der Waals surface area contributed by atoms with Gasteiger partial charge in [-0.05, 0) is 25.1 Å². The number of aldehydes is 1. The van der Waals surface area contributed by atoms with Gasteiger partial charge < -0.3 is 0 Å². The summed E-state index contributed by atoms with van der Waals surface area (Å²) < 4.78 is 0. The van der Waals surface area contributed by atoms with Gasteiger partial charge in [0.2, 0.25) is 0 Å². The van der Waals surface area contributed by atoms with Gasteiger partial charge in [0.05, 0.1) is 5.69 Å². The first kappa shape index (κ1) is 9.52. The van der Waals surface area contributed by atoms with Crippen molar-refractivity contribution in [2.45, 2.75) is 6.92 Å². The smallest absolute Gasteiger partial charge is 0.150 e. The molecule has 0 spiro atoms. The Morgan fingerprint density at radius 1 is 1.27 bits per heavy atom. The number of carbonyl (C=O) groups excluding carboxylic acids is 1. The summed E-state index contributed by atoms with van der Waals surface area (Å²) in [5, 5.41) is 0. The molecule has 0 bridgehead atoms. The molecule has 3 heteroatoms. The Morgan fingerprint density at radius 3 is 2.87 bits per heavy atom. The van der Waals surface area contributed by atoms with E-state index in [2.05, 4.69) is 9.97 Å². The van der Waals surface area contributed by atoms with E-state index in [9.17, 15) is 4.79 Å². The summed E-state index contributed by atoms with van der Waals surface area (Å²) >= 11 is 0. The molecule has 0 radical (unpaired) electrons. The average Bonchev–Trinajstić information content (AvgIpc) is 2.29. The minimum Gasteiger partial charge on any atom is -0.298 e. The topological polar surface area (TPSA) is 42.9 Å². The van der Waals surface area contributed by atoms with Crippen LogP contribution in [-0.4, -0.2) is 16.3 Å². The Kier molecular flexibility index (Phi) is 2.54. The normalized spacial score (nSPS) is 9.93. The van der Waals surface area contributed by atoms with Crippen molar-refractivity contribution < 1.29 is 4.79 Å². The highest BCUT2D eigenvalue weighted by Gasteiger charge is 2.05. The van der Waals surface area contributed by atoms with Gasteiger partial charge in [0.25, 0.3) is 0 Å². The molecule has 2 rings (SSSR count). The Hall–Kier alpha value is -2.03. The van der Waals surface area contributed by atoms with Crippen LogP contribution >= 0.6 is 0 Å². The highest BCUT2D eigenvalue weighted by Crippen LogP contribution is 2.19. The average molecular weight is 198 g/mol. The van der Waals surface area contributed by atoms with Crippen molar-refractivity contribution in [3.63, 3.8) is 0 Å². The molecule has 0 N–H and O–H groups in total. The van der Waals surface area contributed by atoms with Crippen molar-refractivity contribution in [2.75, 3.05) is 0 Å². The van der Waals surface area contributed by atoms with Crippen LogP contribution in [0.4, 0.5) is 0 Å². The third kappa shape index (κ3) is 1.91. The van der Waals surface area contributed by atoms with Gasteiger partial charge in [0.1, 0.15) is 0 Å². The molecule has 0 saturated carbocycles. The van der Waals surface area contributed by atoms with E-state index >= 15 is 0 Å². The first-order chi connectivity index (χ1) is 7.31. The van der Waals surface area contributed by atoms with Crippen LogP contribution in [0.1, 0.15) is 16.1 Å². The van der Waals surface area contributed by atoms with Crippen molar-refractivity contribution in [2.24, 2.45) is 0 Å². The van der Waals surface area contributed by atoms with Crippen LogP contribution in [0.3, 0.4) is 0 Å². The lowest BCUT2D eigenvalue weighted by atomic mass is 10.1. The van der Waals surface area contributed by atoms with Crippen LogP contribution in [0, 0.1) is 6.92 Å². The highest BCUT2D eigenvalue weighted by molar-refractivity contribution is 5.85. The molecule has 0 saturated heterocycles. The number of aryl methyl sites for hydroxylation is 1. The van der Waals surface area contributed by atoms with E-state index in [4.69, 9.17) is 0 Å². The minimum atomic E-state index is 0.614. The maximum absolute atomic E-state index is 10.8. The summed E-state index contributed by atoms with van der Waals surface area (Å²) in [6.07, 6.45) is 4.08. The third-order valence-corrected chi connectivity index (χ3v) is 2.15. The number of rotatable bonds is 2. The van der Waals surface area contributed by atoms with Gasteiger partial charge in [0, 0.05) is 29.2 Å². The van der Waals surface area contributed by atoms with Gasteiger partial charge in [-0.2, -0.15) is 0 Å². The van der Waals surface area contributed by atoms with E-state index in [0.29, 0.717) is 5.56 Å². The standard InChI is InChI=1S/C12H10N2O/c1-9-3-2-4-12(14-9)11-7-13-6-5-10(11)8-15/h2-8H,1H3. The van der Waals surface area contributed by atoms with E-state index in [1.807, 2.05) is 25.1 Å². The van der Waals surface area contributed by atoms with E-state index in [1.165, 1.54) is 0 Å². The van der Waals surface area contributed by atoms with E-state index in [1.54, 1.807) is 18.5 Å². The lowest BCUT2D eigenvalue weighted by Crippen LogP contribution is -1.92. The van der Waals surface area contributed by atoms with Crippen molar-refractivity contribution in [3.8, 4) is 11.3 Å². The molecule has 0 amide bonds. The van der Waals surface area contributed by atoms with Crippen LogP contribution in [0.15, 0.2) is 36.7 Å². The Labute approximate surface area is 87.8 Å². The number of carbonyl (C=O) groups is 1.